The predicted molar refractivity (Wildman–Crippen MR) is 140 cm³/mol. The summed E-state index contributed by atoms with van der Waals surface area (Å²) in [5.74, 6) is 3.04. The number of amides is 1. The molecule has 4 rings (SSSR count). The van der Waals surface area contributed by atoms with Crippen molar-refractivity contribution < 1.29 is 14.3 Å². The van der Waals surface area contributed by atoms with Crippen LogP contribution in [0, 0.1) is 0 Å². The number of hydrogen-bond donors (Lipinski definition) is 2. The van der Waals surface area contributed by atoms with Crippen molar-refractivity contribution in [2.75, 3.05) is 38.5 Å². The molecule has 35 heavy (non-hydrogen) atoms. The molecule has 1 aliphatic carbocycles. The normalized spacial score (nSPS) is 17.6. The molecule has 0 spiro atoms. The molecule has 0 bridgehead atoms. The van der Waals surface area contributed by atoms with Crippen molar-refractivity contribution in [3.8, 4) is 11.5 Å². The van der Waals surface area contributed by atoms with Gasteiger partial charge in [-0.15, -0.1) is 0 Å². The zero-order valence-corrected chi connectivity index (χ0v) is 21.0. The Balaban J connectivity index is 1.27. The molecular formula is C27H35N5O3. The van der Waals surface area contributed by atoms with Crippen LogP contribution in [-0.2, 0) is 11.2 Å². The van der Waals surface area contributed by atoms with Gasteiger partial charge in [0, 0.05) is 38.0 Å². The third-order valence-corrected chi connectivity index (χ3v) is 6.52. The molecule has 1 heterocycles. The Bertz CT molecular complexity index is 1160. The zero-order valence-electron chi connectivity index (χ0n) is 21.0. The van der Waals surface area contributed by atoms with Crippen molar-refractivity contribution in [2.24, 2.45) is 0 Å². The quantitative estimate of drug-likeness (QED) is 0.478. The number of ether oxygens (including phenoxy) is 2. The van der Waals surface area contributed by atoms with Crippen molar-refractivity contribution in [3.05, 3.63) is 48.0 Å². The summed E-state index contributed by atoms with van der Waals surface area (Å²) in [5.41, 5.74) is 1.99. The first-order valence-corrected chi connectivity index (χ1v) is 12.2. The summed E-state index contributed by atoms with van der Waals surface area (Å²) >= 11 is 0. The summed E-state index contributed by atoms with van der Waals surface area (Å²) in [7, 11) is 7.23. The van der Waals surface area contributed by atoms with Crippen LogP contribution in [0.15, 0.2) is 42.5 Å². The van der Waals surface area contributed by atoms with Crippen LogP contribution >= 0.6 is 0 Å². The molecule has 1 amide bonds. The molecule has 1 aromatic heterocycles. The first kappa shape index (κ1) is 24.6. The summed E-state index contributed by atoms with van der Waals surface area (Å²) in [5, 5.41) is 7.78. The highest BCUT2D eigenvalue weighted by Gasteiger charge is 2.23. The Morgan fingerprint density at radius 1 is 0.971 bits per heavy atom. The molecule has 0 saturated heterocycles. The molecule has 2 aromatic carbocycles. The Hall–Kier alpha value is -3.55. The number of aryl methyl sites for hydroxylation is 1. The van der Waals surface area contributed by atoms with Crippen molar-refractivity contribution in [1.29, 1.82) is 0 Å². The summed E-state index contributed by atoms with van der Waals surface area (Å²) in [4.78, 5) is 24.0. The number of anilines is 2. The van der Waals surface area contributed by atoms with E-state index in [1.807, 2.05) is 61.5 Å². The zero-order chi connectivity index (χ0) is 24.8. The maximum absolute atomic E-state index is 12.6. The Labute approximate surface area is 207 Å². The van der Waals surface area contributed by atoms with Gasteiger partial charge in [-0.2, -0.15) is 4.98 Å². The molecule has 0 radical (unpaired) electrons. The number of methoxy groups -OCH3 is 2. The second-order valence-electron chi connectivity index (χ2n) is 9.23. The number of rotatable bonds is 9. The van der Waals surface area contributed by atoms with E-state index in [1.165, 1.54) is 0 Å². The molecule has 2 N–H and O–H groups in total. The summed E-state index contributed by atoms with van der Waals surface area (Å²) < 4.78 is 10.6. The van der Waals surface area contributed by atoms with Crippen LogP contribution in [0.1, 0.15) is 37.7 Å². The van der Waals surface area contributed by atoms with Crippen LogP contribution in [0.4, 0.5) is 11.8 Å². The number of para-hydroxylation sites is 1. The summed E-state index contributed by atoms with van der Waals surface area (Å²) in [6, 6.07) is 14.4. The molecule has 0 aliphatic heterocycles. The van der Waals surface area contributed by atoms with E-state index >= 15 is 0 Å². The molecule has 1 aliphatic rings. The minimum Gasteiger partial charge on any atom is -0.493 e. The number of aromatic nitrogens is 2. The van der Waals surface area contributed by atoms with E-state index in [0.717, 1.165) is 48.0 Å². The van der Waals surface area contributed by atoms with E-state index in [4.69, 9.17) is 19.4 Å². The highest BCUT2D eigenvalue weighted by molar-refractivity contribution is 5.90. The van der Waals surface area contributed by atoms with Crippen LogP contribution in [0.2, 0.25) is 0 Å². The third kappa shape index (κ3) is 6.12. The number of benzene rings is 2. The number of nitrogens with zero attached hydrogens (tertiary/aromatic N) is 3. The standard InChI is InChI=1S/C27H35N5O3/c1-32(2)26-21-7-5-6-8-22(21)30-27(31-26)29-20-13-11-19(12-14-20)28-25(33)16-10-18-9-15-23(34-3)24(17-18)35-4/h5-9,15,17,19-20H,10-14,16H2,1-4H3,(H,28,33)(H,29,30,31)/t19-,20+. The molecule has 8 nitrogen and oxygen atoms in total. The van der Waals surface area contributed by atoms with E-state index in [2.05, 4.69) is 10.6 Å². The van der Waals surface area contributed by atoms with Gasteiger partial charge in [0.25, 0.3) is 0 Å². The van der Waals surface area contributed by atoms with E-state index in [1.54, 1.807) is 14.2 Å². The Kier molecular flexibility index (Phi) is 7.90. The molecule has 0 unspecified atom stereocenters. The largest absolute Gasteiger partial charge is 0.493 e. The van der Waals surface area contributed by atoms with Crippen molar-refractivity contribution in [1.82, 2.24) is 15.3 Å². The molecule has 186 valence electrons. The number of fused-ring (bicyclic) bond motifs is 1. The smallest absolute Gasteiger partial charge is 0.225 e. The first-order chi connectivity index (χ1) is 17.0. The fraction of sp³-hybridized carbons (Fsp3) is 0.444. The van der Waals surface area contributed by atoms with Crippen LogP contribution in [0.25, 0.3) is 10.9 Å². The second-order valence-corrected chi connectivity index (χ2v) is 9.23. The third-order valence-electron chi connectivity index (χ3n) is 6.52. The van der Waals surface area contributed by atoms with Crippen LogP contribution in [0.5, 0.6) is 11.5 Å². The monoisotopic (exact) mass is 477 g/mol. The lowest BCUT2D eigenvalue weighted by Crippen LogP contribution is -2.40. The highest BCUT2D eigenvalue weighted by Crippen LogP contribution is 2.28. The molecule has 1 saturated carbocycles. The predicted octanol–water partition coefficient (Wildman–Crippen LogP) is 4.19. The minimum absolute atomic E-state index is 0.0877. The van der Waals surface area contributed by atoms with Crippen molar-refractivity contribution in [3.63, 3.8) is 0 Å². The summed E-state index contributed by atoms with van der Waals surface area (Å²) in [6.07, 6.45) is 4.92. The van der Waals surface area contributed by atoms with Gasteiger partial charge in [0.05, 0.1) is 19.7 Å². The fourth-order valence-corrected chi connectivity index (χ4v) is 4.62. The van der Waals surface area contributed by atoms with E-state index in [0.29, 0.717) is 36.3 Å². The average Bonchev–Trinajstić information content (AvgIpc) is 2.87. The van der Waals surface area contributed by atoms with Crippen molar-refractivity contribution >= 4 is 28.6 Å². The summed E-state index contributed by atoms with van der Waals surface area (Å²) in [6.45, 7) is 0. The van der Waals surface area contributed by atoms with E-state index in [9.17, 15) is 4.79 Å². The first-order valence-electron chi connectivity index (χ1n) is 12.2. The van der Waals surface area contributed by atoms with Crippen LogP contribution in [0.3, 0.4) is 0 Å². The van der Waals surface area contributed by atoms with Gasteiger partial charge < -0.3 is 25.0 Å². The average molecular weight is 478 g/mol. The Morgan fingerprint density at radius 2 is 1.69 bits per heavy atom. The van der Waals surface area contributed by atoms with Gasteiger partial charge in [-0.3, -0.25) is 4.79 Å². The number of carbonyl (C=O) groups is 1. The van der Waals surface area contributed by atoms with Gasteiger partial charge in [0.1, 0.15) is 5.82 Å². The molecule has 1 fully saturated rings. The maximum Gasteiger partial charge on any atom is 0.225 e. The van der Waals surface area contributed by atoms with Gasteiger partial charge >= 0.3 is 0 Å². The fourth-order valence-electron chi connectivity index (χ4n) is 4.62. The SMILES string of the molecule is COc1ccc(CCC(=O)N[C@H]2CC[C@@H](Nc3nc(N(C)C)c4ccccc4n3)CC2)cc1OC. The lowest BCUT2D eigenvalue weighted by Gasteiger charge is -2.30. The van der Waals surface area contributed by atoms with Gasteiger partial charge in [-0.25, -0.2) is 4.98 Å². The molecule has 8 heteroatoms. The van der Waals surface area contributed by atoms with Gasteiger partial charge in [-0.05, 0) is 61.9 Å². The number of hydrogen-bond acceptors (Lipinski definition) is 7. The van der Waals surface area contributed by atoms with Crippen molar-refractivity contribution in [2.45, 2.75) is 50.6 Å². The molecular weight excluding hydrogens is 442 g/mol. The maximum atomic E-state index is 12.6. The second kappa shape index (κ2) is 11.3. The number of nitrogens with one attached hydrogen (secondary N) is 2. The van der Waals surface area contributed by atoms with Crippen LogP contribution < -0.4 is 25.0 Å². The van der Waals surface area contributed by atoms with Gasteiger partial charge in [0.15, 0.2) is 11.5 Å². The lowest BCUT2D eigenvalue weighted by atomic mass is 9.91. The topological polar surface area (TPSA) is 88.6 Å². The van der Waals surface area contributed by atoms with Gasteiger partial charge in [0.2, 0.25) is 11.9 Å². The highest BCUT2D eigenvalue weighted by atomic mass is 16.5. The van der Waals surface area contributed by atoms with Gasteiger partial charge in [-0.1, -0.05) is 18.2 Å². The minimum atomic E-state index is 0.0877. The molecule has 0 atom stereocenters. The van der Waals surface area contributed by atoms with E-state index in [-0.39, 0.29) is 11.9 Å². The molecule has 3 aromatic rings. The van der Waals surface area contributed by atoms with Crippen LogP contribution in [-0.4, -0.2) is 56.3 Å². The number of carbonyl (C=O) groups excluding carboxylic acids is 1. The Morgan fingerprint density at radius 3 is 2.40 bits per heavy atom. The lowest BCUT2D eigenvalue weighted by molar-refractivity contribution is -0.122. The van der Waals surface area contributed by atoms with E-state index < -0.39 is 0 Å².